The van der Waals surface area contributed by atoms with Crippen molar-refractivity contribution in [1.29, 1.82) is 0 Å². The van der Waals surface area contributed by atoms with Crippen molar-refractivity contribution in [2.45, 2.75) is 0 Å². The highest BCUT2D eigenvalue weighted by molar-refractivity contribution is 6.22. The molecule has 9 heteroatoms. The van der Waals surface area contributed by atoms with Gasteiger partial charge in [-0.05, 0) is 36.4 Å². The van der Waals surface area contributed by atoms with Crippen LogP contribution in [-0.2, 0) is 0 Å². The van der Waals surface area contributed by atoms with Crippen molar-refractivity contribution in [2.24, 2.45) is 0 Å². The molecule has 0 aliphatic carbocycles. The van der Waals surface area contributed by atoms with E-state index in [0.29, 0.717) is 0 Å². The van der Waals surface area contributed by atoms with Crippen LogP contribution in [-0.4, -0.2) is 52.7 Å². The first-order valence-electron chi connectivity index (χ1n) is 9.47. The molecule has 0 bridgehead atoms. The van der Waals surface area contributed by atoms with E-state index in [2.05, 4.69) is 13.2 Å². The molecule has 0 saturated heterocycles. The number of nitrogens with zero attached hydrogens (tertiary/aromatic N) is 2. The Morgan fingerprint density at radius 1 is 0.688 bits per heavy atom. The minimum Gasteiger partial charge on any atom is -0.395 e. The Balaban J connectivity index is 1.48. The van der Waals surface area contributed by atoms with E-state index in [9.17, 15) is 24.0 Å². The van der Waals surface area contributed by atoms with Crippen LogP contribution >= 0.6 is 0 Å². The highest BCUT2D eigenvalue weighted by Gasteiger charge is 2.36. The molecule has 32 heavy (non-hydrogen) atoms. The molecular formula is C23H16N2O7. The van der Waals surface area contributed by atoms with Crippen LogP contribution in [0.15, 0.2) is 61.7 Å². The van der Waals surface area contributed by atoms with Crippen molar-refractivity contribution in [1.82, 2.24) is 9.80 Å². The third kappa shape index (κ3) is 3.35. The Hall–Kier alpha value is -4.53. The fraction of sp³-hybridized carbons (Fsp3) is 0.0870. The number of carbonyl (C=O) groups excluding carboxylic acids is 5. The zero-order chi connectivity index (χ0) is 23.0. The van der Waals surface area contributed by atoms with Gasteiger partial charge < -0.3 is 9.47 Å². The lowest BCUT2D eigenvalue weighted by atomic mass is 10.1. The fourth-order valence-electron chi connectivity index (χ4n) is 3.47. The summed E-state index contributed by atoms with van der Waals surface area (Å²) in [5.41, 5.74) is 0.601. The summed E-state index contributed by atoms with van der Waals surface area (Å²) in [6, 6.07) is 8.04. The lowest BCUT2D eigenvalue weighted by molar-refractivity contribution is 0.0656. The van der Waals surface area contributed by atoms with Crippen LogP contribution in [0.25, 0.3) is 0 Å². The number of hydrogen-bond acceptors (Lipinski definition) is 7. The summed E-state index contributed by atoms with van der Waals surface area (Å²) < 4.78 is 10.2. The molecule has 0 aromatic heterocycles. The normalized spacial score (nSPS) is 14.4. The molecule has 2 aliphatic heterocycles. The Morgan fingerprint density at radius 3 is 1.44 bits per heavy atom. The first-order valence-corrected chi connectivity index (χ1v) is 9.47. The molecule has 4 amide bonds. The van der Waals surface area contributed by atoms with Crippen LogP contribution in [0.3, 0.4) is 0 Å². The van der Waals surface area contributed by atoms with E-state index in [4.69, 9.17) is 9.47 Å². The van der Waals surface area contributed by atoms with Crippen molar-refractivity contribution in [2.75, 3.05) is 13.1 Å². The molecule has 2 heterocycles. The zero-order valence-electron chi connectivity index (χ0n) is 16.7. The minimum atomic E-state index is -1.12. The van der Waals surface area contributed by atoms with Gasteiger partial charge in [0.25, 0.3) is 23.6 Å². The third-order valence-corrected chi connectivity index (χ3v) is 4.91. The van der Waals surface area contributed by atoms with Crippen LogP contribution in [0.4, 0.5) is 4.79 Å². The summed E-state index contributed by atoms with van der Waals surface area (Å²) in [4.78, 5) is 63.5. The molecule has 0 atom stereocenters. The highest BCUT2D eigenvalue weighted by Crippen LogP contribution is 2.29. The SMILES string of the molecule is C=CCN1C(=O)c2ccc(OC(=O)Oc3ccc4c(c3)C(=O)N(CC=C)C4=O)cc2C1=O. The smallest absolute Gasteiger partial charge is 0.395 e. The number of fused-ring (bicyclic) bond motifs is 2. The van der Waals surface area contributed by atoms with Crippen molar-refractivity contribution < 1.29 is 33.4 Å². The van der Waals surface area contributed by atoms with Gasteiger partial charge in [-0.3, -0.25) is 29.0 Å². The average molecular weight is 432 g/mol. The number of amides is 4. The van der Waals surface area contributed by atoms with Crippen molar-refractivity contribution in [3.05, 3.63) is 84.0 Å². The van der Waals surface area contributed by atoms with Gasteiger partial charge in [-0.1, -0.05) is 12.2 Å². The first-order chi connectivity index (χ1) is 15.3. The Morgan fingerprint density at radius 2 is 1.06 bits per heavy atom. The number of rotatable bonds is 6. The molecule has 0 N–H and O–H groups in total. The lowest BCUT2D eigenvalue weighted by Gasteiger charge is -2.09. The van der Waals surface area contributed by atoms with E-state index in [-0.39, 0.29) is 46.8 Å². The molecule has 0 radical (unpaired) electrons. The van der Waals surface area contributed by atoms with E-state index in [1.54, 1.807) is 0 Å². The lowest BCUT2D eigenvalue weighted by Crippen LogP contribution is -2.29. The van der Waals surface area contributed by atoms with Gasteiger partial charge in [0.2, 0.25) is 0 Å². The van der Waals surface area contributed by atoms with Crippen molar-refractivity contribution in [3.8, 4) is 11.5 Å². The fourth-order valence-corrected chi connectivity index (χ4v) is 3.47. The Kier molecular flexibility index (Phi) is 5.15. The first kappa shape index (κ1) is 20.7. The zero-order valence-corrected chi connectivity index (χ0v) is 16.7. The summed E-state index contributed by atoms with van der Waals surface area (Å²) in [5, 5.41) is 0. The molecule has 9 nitrogen and oxygen atoms in total. The van der Waals surface area contributed by atoms with Gasteiger partial charge in [0, 0.05) is 13.1 Å². The van der Waals surface area contributed by atoms with Gasteiger partial charge in [0.05, 0.1) is 22.3 Å². The van der Waals surface area contributed by atoms with Gasteiger partial charge in [-0.25, -0.2) is 4.79 Å². The summed E-state index contributed by atoms with van der Waals surface area (Å²) in [5.74, 6) is -1.95. The number of hydrogen-bond donors (Lipinski definition) is 0. The second kappa shape index (κ2) is 7.95. The van der Waals surface area contributed by atoms with Gasteiger partial charge in [0.1, 0.15) is 11.5 Å². The van der Waals surface area contributed by atoms with Crippen LogP contribution in [0.2, 0.25) is 0 Å². The van der Waals surface area contributed by atoms with Gasteiger partial charge in [0.15, 0.2) is 0 Å². The molecule has 160 valence electrons. The maximum atomic E-state index is 12.4. The molecule has 0 unspecified atom stereocenters. The summed E-state index contributed by atoms with van der Waals surface area (Å²) in [6.07, 6.45) is 1.74. The molecule has 0 saturated carbocycles. The molecule has 4 rings (SSSR count). The van der Waals surface area contributed by atoms with E-state index >= 15 is 0 Å². The van der Waals surface area contributed by atoms with Gasteiger partial charge in [-0.15, -0.1) is 13.2 Å². The number of benzene rings is 2. The summed E-state index contributed by atoms with van der Waals surface area (Å²) in [7, 11) is 0. The third-order valence-electron chi connectivity index (χ3n) is 4.91. The molecule has 2 aliphatic rings. The number of carbonyl (C=O) groups is 5. The predicted octanol–water partition coefficient (Wildman–Crippen LogP) is 2.83. The van der Waals surface area contributed by atoms with E-state index in [0.717, 1.165) is 9.80 Å². The minimum absolute atomic E-state index is 0.0000691. The number of imide groups is 2. The molecular weight excluding hydrogens is 416 g/mol. The van der Waals surface area contributed by atoms with Crippen molar-refractivity contribution >= 4 is 29.8 Å². The van der Waals surface area contributed by atoms with E-state index < -0.39 is 29.8 Å². The van der Waals surface area contributed by atoms with Crippen molar-refractivity contribution in [3.63, 3.8) is 0 Å². The molecule has 0 spiro atoms. The Bertz CT molecular complexity index is 1140. The molecule has 0 fully saturated rings. The number of ether oxygens (including phenoxy) is 2. The van der Waals surface area contributed by atoms with E-state index in [1.807, 2.05) is 0 Å². The maximum absolute atomic E-state index is 12.4. The Labute approximate surface area is 182 Å². The van der Waals surface area contributed by atoms with Crippen LogP contribution in [0.5, 0.6) is 11.5 Å². The largest absolute Gasteiger partial charge is 0.519 e. The highest BCUT2D eigenvalue weighted by atomic mass is 16.7. The quantitative estimate of drug-likeness (QED) is 0.299. The predicted molar refractivity (Wildman–Crippen MR) is 111 cm³/mol. The monoisotopic (exact) mass is 432 g/mol. The summed E-state index contributed by atoms with van der Waals surface area (Å²) in [6.45, 7) is 7.16. The topological polar surface area (TPSA) is 110 Å². The van der Waals surface area contributed by atoms with Gasteiger partial charge in [-0.2, -0.15) is 0 Å². The standard InChI is InChI=1S/C23H16N2O7/c1-3-9-24-19(26)15-7-5-13(11-17(15)21(24)28)31-23(30)32-14-6-8-16-18(12-14)22(29)25(10-4-2)20(16)27/h3-8,11-12H,1-2,9-10H2. The summed E-state index contributed by atoms with van der Waals surface area (Å²) >= 11 is 0. The molecule has 2 aromatic carbocycles. The maximum Gasteiger partial charge on any atom is 0.519 e. The van der Waals surface area contributed by atoms with Crippen LogP contribution < -0.4 is 9.47 Å². The second-order valence-corrected chi connectivity index (χ2v) is 6.89. The van der Waals surface area contributed by atoms with Gasteiger partial charge >= 0.3 is 6.16 Å². The average Bonchev–Trinajstić information content (AvgIpc) is 3.14. The van der Waals surface area contributed by atoms with E-state index in [1.165, 1.54) is 48.6 Å². The van der Waals surface area contributed by atoms with Crippen LogP contribution in [0, 0.1) is 0 Å². The van der Waals surface area contributed by atoms with Crippen LogP contribution in [0.1, 0.15) is 41.4 Å². The molecule has 2 aromatic rings. The second-order valence-electron chi connectivity index (χ2n) is 6.89.